The fourth-order valence-corrected chi connectivity index (χ4v) is 3.93. The SMILES string of the molecule is O=c1[nH]c2cc(Cl)ccc2c(O)c1-c1cccc(Sc2ccccc2)c1. The molecule has 0 aliphatic heterocycles. The van der Waals surface area contributed by atoms with Crippen LogP contribution in [0.3, 0.4) is 0 Å². The van der Waals surface area contributed by atoms with Crippen molar-refractivity contribution in [3.05, 3.63) is 88.2 Å². The highest BCUT2D eigenvalue weighted by molar-refractivity contribution is 7.99. The van der Waals surface area contributed by atoms with Gasteiger partial charge in [-0.1, -0.05) is 53.7 Å². The van der Waals surface area contributed by atoms with Crippen molar-refractivity contribution in [1.29, 1.82) is 0 Å². The third-order valence-corrected chi connectivity index (χ3v) is 5.28. The van der Waals surface area contributed by atoms with Crippen molar-refractivity contribution in [2.24, 2.45) is 0 Å². The van der Waals surface area contributed by atoms with Gasteiger partial charge in [0.1, 0.15) is 5.75 Å². The number of aromatic nitrogens is 1. The average Bonchev–Trinajstić information content (AvgIpc) is 2.62. The second kappa shape index (κ2) is 6.90. The molecule has 5 heteroatoms. The van der Waals surface area contributed by atoms with Crippen LogP contribution in [0.2, 0.25) is 5.02 Å². The van der Waals surface area contributed by atoms with Crippen molar-refractivity contribution in [2.75, 3.05) is 0 Å². The molecule has 0 aliphatic rings. The Balaban J connectivity index is 1.82. The quantitative estimate of drug-likeness (QED) is 0.479. The van der Waals surface area contributed by atoms with Crippen molar-refractivity contribution < 1.29 is 5.11 Å². The van der Waals surface area contributed by atoms with E-state index in [0.29, 0.717) is 21.5 Å². The number of fused-ring (bicyclic) bond motifs is 1. The fraction of sp³-hybridized carbons (Fsp3) is 0. The van der Waals surface area contributed by atoms with Crippen LogP contribution in [0.25, 0.3) is 22.0 Å². The summed E-state index contributed by atoms with van der Waals surface area (Å²) in [5.41, 5.74) is 1.09. The Morgan fingerprint density at radius 1 is 0.885 bits per heavy atom. The maximum absolute atomic E-state index is 12.6. The van der Waals surface area contributed by atoms with Gasteiger partial charge in [-0.05, 0) is 48.0 Å². The summed E-state index contributed by atoms with van der Waals surface area (Å²) in [6.45, 7) is 0. The molecule has 1 aromatic heterocycles. The lowest BCUT2D eigenvalue weighted by atomic mass is 10.0. The molecular formula is C21H14ClNO2S. The first-order valence-corrected chi connectivity index (χ1v) is 9.19. The van der Waals surface area contributed by atoms with Crippen LogP contribution in [0.15, 0.2) is 87.4 Å². The van der Waals surface area contributed by atoms with Crippen LogP contribution < -0.4 is 5.56 Å². The zero-order chi connectivity index (χ0) is 18.1. The summed E-state index contributed by atoms with van der Waals surface area (Å²) in [5, 5.41) is 11.7. The van der Waals surface area contributed by atoms with Crippen molar-refractivity contribution in [3.8, 4) is 16.9 Å². The van der Waals surface area contributed by atoms with Crippen LogP contribution in [0.5, 0.6) is 5.75 Å². The van der Waals surface area contributed by atoms with Crippen LogP contribution in [-0.4, -0.2) is 10.1 Å². The number of nitrogens with one attached hydrogen (secondary N) is 1. The molecule has 0 radical (unpaired) electrons. The Bertz CT molecular complexity index is 1160. The van der Waals surface area contributed by atoms with Gasteiger partial charge in [-0.2, -0.15) is 0 Å². The molecule has 0 unspecified atom stereocenters. The van der Waals surface area contributed by atoms with E-state index in [9.17, 15) is 9.90 Å². The molecule has 4 aromatic rings. The third-order valence-electron chi connectivity index (χ3n) is 4.05. The lowest BCUT2D eigenvalue weighted by Gasteiger charge is -2.09. The van der Waals surface area contributed by atoms with Crippen molar-refractivity contribution in [2.45, 2.75) is 9.79 Å². The maximum Gasteiger partial charge on any atom is 0.260 e. The summed E-state index contributed by atoms with van der Waals surface area (Å²) in [5.74, 6) is -0.0396. The first-order valence-electron chi connectivity index (χ1n) is 8.00. The van der Waals surface area contributed by atoms with Crippen LogP contribution in [0.4, 0.5) is 0 Å². The molecule has 2 N–H and O–H groups in total. The Kier molecular flexibility index (Phi) is 4.45. The summed E-state index contributed by atoms with van der Waals surface area (Å²) in [4.78, 5) is 17.5. The van der Waals surface area contributed by atoms with Gasteiger partial charge < -0.3 is 10.1 Å². The summed E-state index contributed by atoms with van der Waals surface area (Å²) in [7, 11) is 0. The second-order valence-corrected chi connectivity index (χ2v) is 7.39. The van der Waals surface area contributed by atoms with E-state index in [0.717, 1.165) is 9.79 Å². The Hall–Kier alpha value is -2.69. The number of rotatable bonds is 3. The van der Waals surface area contributed by atoms with E-state index in [-0.39, 0.29) is 16.9 Å². The van der Waals surface area contributed by atoms with E-state index in [2.05, 4.69) is 4.98 Å². The van der Waals surface area contributed by atoms with E-state index in [1.165, 1.54) is 0 Å². The van der Waals surface area contributed by atoms with E-state index < -0.39 is 0 Å². The highest BCUT2D eigenvalue weighted by Gasteiger charge is 2.14. The second-order valence-electron chi connectivity index (χ2n) is 5.81. The van der Waals surface area contributed by atoms with Gasteiger partial charge in [-0.3, -0.25) is 4.79 Å². The normalized spacial score (nSPS) is 11.0. The predicted octanol–water partition coefficient (Wildman–Crippen LogP) is 5.71. The molecule has 128 valence electrons. The maximum atomic E-state index is 12.6. The Labute approximate surface area is 159 Å². The number of pyridine rings is 1. The molecule has 3 aromatic carbocycles. The molecule has 1 heterocycles. The summed E-state index contributed by atoms with van der Waals surface area (Å²) < 4.78 is 0. The molecule has 0 saturated carbocycles. The summed E-state index contributed by atoms with van der Waals surface area (Å²) in [6.07, 6.45) is 0. The average molecular weight is 380 g/mol. The number of H-pyrrole nitrogens is 1. The van der Waals surface area contributed by atoms with E-state index in [1.807, 2.05) is 54.6 Å². The van der Waals surface area contributed by atoms with Gasteiger partial charge in [0.05, 0.1) is 11.1 Å². The number of hydrogen-bond acceptors (Lipinski definition) is 3. The molecule has 0 amide bonds. The van der Waals surface area contributed by atoms with Gasteiger partial charge >= 0.3 is 0 Å². The molecule has 0 spiro atoms. The van der Waals surface area contributed by atoms with Crippen LogP contribution >= 0.6 is 23.4 Å². The standard InChI is InChI=1S/C21H14ClNO2S/c22-14-9-10-17-18(12-14)23-21(25)19(20(17)24)13-5-4-8-16(11-13)26-15-6-2-1-3-7-15/h1-12H,(H2,23,24,25). The molecule has 0 bridgehead atoms. The van der Waals surface area contributed by atoms with Gasteiger partial charge in [0.25, 0.3) is 5.56 Å². The first kappa shape index (κ1) is 16.8. The smallest absolute Gasteiger partial charge is 0.260 e. The van der Waals surface area contributed by atoms with Crippen molar-refractivity contribution in [1.82, 2.24) is 4.98 Å². The Morgan fingerprint density at radius 3 is 2.46 bits per heavy atom. The third kappa shape index (κ3) is 3.21. The van der Waals surface area contributed by atoms with Crippen LogP contribution in [0, 0.1) is 0 Å². The number of aromatic amines is 1. The highest BCUT2D eigenvalue weighted by atomic mass is 35.5. The number of halogens is 1. The Morgan fingerprint density at radius 2 is 1.65 bits per heavy atom. The summed E-state index contributed by atoms with van der Waals surface area (Å²) >= 11 is 7.57. The van der Waals surface area contributed by atoms with Crippen molar-refractivity contribution >= 4 is 34.3 Å². The van der Waals surface area contributed by atoms with E-state index in [1.54, 1.807) is 30.0 Å². The molecule has 0 aliphatic carbocycles. The van der Waals surface area contributed by atoms with Gasteiger partial charge in [0.2, 0.25) is 0 Å². The number of aromatic hydroxyl groups is 1. The highest BCUT2D eigenvalue weighted by Crippen LogP contribution is 2.35. The van der Waals surface area contributed by atoms with Crippen LogP contribution in [-0.2, 0) is 0 Å². The van der Waals surface area contributed by atoms with Gasteiger partial charge in [-0.15, -0.1) is 0 Å². The molecule has 26 heavy (non-hydrogen) atoms. The molecule has 4 rings (SSSR count). The minimum absolute atomic E-state index is 0.0396. The predicted molar refractivity (Wildman–Crippen MR) is 107 cm³/mol. The summed E-state index contributed by atoms with van der Waals surface area (Å²) in [6, 6.07) is 22.6. The van der Waals surface area contributed by atoms with E-state index >= 15 is 0 Å². The lowest BCUT2D eigenvalue weighted by Crippen LogP contribution is -2.09. The van der Waals surface area contributed by atoms with Gasteiger partial charge in [0, 0.05) is 20.2 Å². The van der Waals surface area contributed by atoms with E-state index in [4.69, 9.17) is 11.6 Å². The largest absolute Gasteiger partial charge is 0.506 e. The first-order chi connectivity index (χ1) is 12.6. The minimum atomic E-state index is -0.348. The fourth-order valence-electron chi connectivity index (χ4n) is 2.86. The zero-order valence-corrected chi connectivity index (χ0v) is 15.1. The lowest BCUT2D eigenvalue weighted by molar-refractivity contribution is 0.482. The topological polar surface area (TPSA) is 53.1 Å². The van der Waals surface area contributed by atoms with Crippen molar-refractivity contribution in [3.63, 3.8) is 0 Å². The molecular weight excluding hydrogens is 366 g/mol. The molecule has 3 nitrogen and oxygen atoms in total. The minimum Gasteiger partial charge on any atom is -0.506 e. The van der Waals surface area contributed by atoms with Gasteiger partial charge in [0.15, 0.2) is 0 Å². The number of hydrogen-bond donors (Lipinski definition) is 2. The monoisotopic (exact) mass is 379 g/mol. The van der Waals surface area contributed by atoms with Crippen LogP contribution in [0.1, 0.15) is 0 Å². The van der Waals surface area contributed by atoms with Gasteiger partial charge in [-0.25, -0.2) is 0 Å². The molecule has 0 saturated heterocycles. The zero-order valence-electron chi connectivity index (χ0n) is 13.6. The molecule has 0 atom stereocenters. The number of benzene rings is 3. The molecule has 0 fully saturated rings.